The zero-order valence-electron chi connectivity index (χ0n) is 13.1. The number of rotatable bonds is 4. The second-order valence-corrected chi connectivity index (χ2v) is 6.99. The lowest BCUT2D eigenvalue weighted by molar-refractivity contribution is 0.283. The highest BCUT2D eigenvalue weighted by molar-refractivity contribution is 7.15. The SMILES string of the molecule is CCC(C)c1nc(N2CCCN(C)CC2C)sc1CO. The number of aromatic nitrogens is 1. The second kappa shape index (κ2) is 6.87. The van der Waals surface area contributed by atoms with Crippen LogP contribution in [0.15, 0.2) is 0 Å². The monoisotopic (exact) mass is 297 g/mol. The third-order valence-corrected chi connectivity index (χ3v) is 5.32. The molecule has 0 aromatic carbocycles. The van der Waals surface area contributed by atoms with Gasteiger partial charge in [-0.2, -0.15) is 0 Å². The molecule has 2 heterocycles. The lowest BCUT2D eigenvalue weighted by Crippen LogP contribution is -2.37. The van der Waals surface area contributed by atoms with Gasteiger partial charge in [0.1, 0.15) is 0 Å². The molecule has 20 heavy (non-hydrogen) atoms. The highest BCUT2D eigenvalue weighted by atomic mass is 32.1. The molecule has 4 nitrogen and oxygen atoms in total. The summed E-state index contributed by atoms with van der Waals surface area (Å²) in [5.74, 6) is 0.423. The molecule has 0 aliphatic carbocycles. The molecule has 2 rings (SSSR count). The zero-order chi connectivity index (χ0) is 14.7. The van der Waals surface area contributed by atoms with E-state index in [0.29, 0.717) is 12.0 Å². The van der Waals surface area contributed by atoms with Gasteiger partial charge in [0.25, 0.3) is 0 Å². The van der Waals surface area contributed by atoms with E-state index in [0.717, 1.165) is 41.8 Å². The molecule has 2 atom stereocenters. The van der Waals surface area contributed by atoms with E-state index in [4.69, 9.17) is 4.98 Å². The van der Waals surface area contributed by atoms with Gasteiger partial charge < -0.3 is 14.9 Å². The maximum atomic E-state index is 9.58. The molecule has 0 spiro atoms. The van der Waals surface area contributed by atoms with Crippen LogP contribution in [-0.4, -0.2) is 47.7 Å². The van der Waals surface area contributed by atoms with E-state index in [9.17, 15) is 5.11 Å². The van der Waals surface area contributed by atoms with Crippen LogP contribution in [0.3, 0.4) is 0 Å². The smallest absolute Gasteiger partial charge is 0.186 e. The largest absolute Gasteiger partial charge is 0.391 e. The number of hydrogen-bond acceptors (Lipinski definition) is 5. The van der Waals surface area contributed by atoms with Gasteiger partial charge in [-0.1, -0.05) is 25.2 Å². The van der Waals surface area contributed by atoms with Gasteiger partial charge in [-0.15, -0.1) is 0 Å². The third-order valence-electron chi connectivity index (χ3n) is 4.23. The van der Waals surface area contributed by atoms with Crippen molar-refractivity contribution in [3.63, 3.8) is 0 Å². The average molecular weight is 297 g/mol. The molecule has 114 valence electrons. The number of likely N-dealkylation sites (N-methyl/N-ethyl adjacent to an activating group) is 1. The van der Waals surface area contributed by atoms with Crippen LogP contribution in [0.5, 0.6) is 0 Å². The summed E-state index contributed by atoms with van der Waals surface area (Å²) in [5.41, 5.74) is 1.10. The molecule has 1 aliphatic heterocycles. The Morgan fingerprint density at radius 3 is 2.85 bits per heavy atom. The van der Waals surface area contributed by atoms with Gasteiger partial charge in [0.15, 0.2) is 5.13 Å². The fourth-order valence-electron chi connectivity index (χ4n) is 2.82. The number of thiazole rings is 1. The van der Waals surface area contributed by atoms with E-state index >= 15 is 0 Å². The first-order valence-electron chi connectivity index (χ1n) is 7.62. The first-order chi connectivity index (χ1) is 9.56. The summed E-state index contributed by atoms with van der Waals surface area (Å²) in [6, 6.07) is 0.477. The van der Waals surface area contributed by atoms with Crippen molar-refractivity contribution in [2.45, 2.75) is 52.2 Å². The van der Waals surface area contributed by atoms with Gasteiger partial charge in [0.05, 0.1) is 17.2 Å². The van der Waals surface area contributed by atoms with Gasteiger partial charge in [-0.05, 0) is 39.3 Å². The van der Waals surface area contributed by atoms with E-state index < -0.39 is 0 Å². The summed E-state index contributed by atoms with van der Waals surface area (Å²) < 4.78 is 0. The summed E-state index contributed by atoms with van der Waals surface area (Å²) in [4.78, 5) is 10.7. The minimum absolute atomic E-state index is 0.111. The molecule has 0 amide bonds. The first-order valence-corrected chi connectivity index (χ1v) is 8.44. The quantitative estimate of drug-likeness (QED) is 0.927. The van der Waals surface area contributed by atoms with Crippen LogP contribution in [-0.2, 0) is 6.61 Å². The Morgan fingerprint density at radius 1 is 1.45 bits per heavy atom. The Kier molecular flexibility index (Phi) is 5.41. The topological polar surface area (TPSA) is 39.6 Å². The van der Waals surface area contributed by atoms with Crippen LogP contribution in [0.1, 0.15) is 50.1 Å². The Morgan fingerprint density at radius 2 is 2.20 bits per heavy atom. The normalized spacial score (nSPS) is 22.9. The maximum absolute atomic E-state index is 9.58. The third kappa shape index (κ3) is 3.32. The number of anilines is 1. The summed E-state index contributed by atoms with van der Waals surface area (Å²) in [6.07, 6.45) is 2.24. The van der Waals surface area contributed by atoms with E-state index in [1.807, 2.05) is 0 Å². The molecule has 0 radical (unpaired) electrons. The lowest BCUT2D eigenvalue weighted by Gasteiger charge is -2.27. The predicted octanol–water partition coefficient (Wildman–Crippen LogP) is 2.68. The van der Waals surface area contributed by atoms with Crippen molar-refractivity contribution in [2.75, 3.05) is 31.6 Å². The van der Waals surface area contributed by atoms with Gasteiger partial charge in [0.2, 0.25) is 0 Å². The minimum Gasteiger partial charge on any atom is -0.391 e. The molecule has 1 aromatic rings. The van der Waals surface area contributed by atoms with Crippen molar-refractivity contribution >= 4 is 16.5 Å². The molecule has 0 saturated carbocycles. The molecule has 1 N–H and O–H groups in total. The Bertz CT molecular complexity index is 435. The Labute approximate surface area is 126 Å². The molecule has 1 fully saturated rings. The number of aliphatic hydroxyl groups is 1. The van der Waals surface area contributed by atoms with Gasteiger partial charge >= 0.3 is 0 Å². The fraction of sp³-hybridized carbons (Fsp3) is 0.800. The molecule has 1 aliphatic rings. The zero-order valence-corrected chi connectivity index (χ0v) is 13.9. The summed E-state index contributed by atoms with van der Waals surface area (Å²) in [7, 11) is 2.19. The minimum atomic E-state index is 0.111. The van der Waals surface area contributed by atoms with Crippen molar-refractivity contribution in [1.29, 1.82) is 0 Å². The van der Waals surface area contributed by atoms with Crippen molar-refractivity contribution < 1.29 is 5.11 Å². The second-order valence-electron chi connectivity index (χ2n) is 5.93. The fourth-order valence-corrected chi connectivity index (χ4v) is 3.99. The molecule has 2 unspecified atom stereocenters. The average Bonchev–Trinajstić information content (AvgIpc) is 2.78. The van der Waals surface area contributed by atoms with Crippen LogP contribution in [0, 0.1) is 0 Å². The Balaban J connectivity index is 2.25. The van der Waals surface area contributed by atoms with Crippen LogP contribution >= 0.6 is 11.3 Å². The van der Waals surface area contributed by atoms with E-state index in [2.05, 4.69) is 37.6 Å². The standard InChI is InChI=1S/C15H27N3OS/c1-5-11(2)14-13(10-19)20-15(16-14)18-8-6-7-17(4)9-12(18)3/h11-12,19H,5-10H2,1-4H3. The molecule has 0 bridgehead atoms. The molecule has 1 aromatic heterocycles. The van der Waals surface area contributed by atoms with E-state index in [1.165, 1.54) is 6.42 Å². The maximum Gasteiger partial charge on any atom is 0.186 e. The summed E-state index contributed by atoms with van der Waals surface area (Å²) in [5, 5.41) is 10.7. The van der Waals surface area contributed by atoms with Gasteiger partial charge in [-0.3, -0.25) is 0 Å². The van der Waals surface area contributed by atoms with Gasteiger partial charge in [-0.25, -0.2) is 4.98 Å². The highest BCUT2D eigenvalue weighted by Gasteiger charge is 2.24. The number of hydrogen-bond donors (Lipinski definition) is 1. The molecule has 1 saturated heterocycles. The van der Waals surface area contributed by atoms with E-state index in [1.54, 1.807) is 11.3 Å². The van der Waals surface area contributed by atoms with Gasteiger partial charge in [0, 0.05) is 19.1 Å². The molecular formula is C15H27N3OS. The van der Waals surface area contributed by atoms with Crippen LogP contribution in [0.2, 0.25) is 0 Å². The van der Waals surface area contributed by atoms with Crippen molar-refractivity contribution in [2.24, 2.45) is 0 Å². The molecular weight excluding hydrogens is 270 g/mol. The van der Waals surface area contributed by atoms with Crippen LogP contribution < -0.4 is 4.90 Å². The van der Waals surface area contributed by atoms with E-state index in [-0.39, 0.29) is 6.61 Å². The summed E-state index contributed by atoms with van der Waals surface area (Å²) in [6.45, 7) is 10.0. The number of aliphatic hydroxyl groups excluding tert-OH is 1. The first kappa shape index (κ1) is 15.7. The summed E-state index contributed by atoms with van der Waals surface area (Å²) >= 11 is 1.67. The highest BCUT2D eigenvalue weighted by Crippen LogP contribution is 2.33. The molecule has 5 heteroatoms. The van der Waals surface area contributed by atoms with Crippen molar-refractivity contribution in [3.8, 4) is 0 Å². The van der Waals surface area contributed by atoms with Crippen LogP contribution in [0.25, 0.3) is 0 Å². The lowest BCUT2D eigenvalue weighted by atomic mass is 10.0. The van der Waals surface area contributed by atoms with Crippen molar-refractivity contribution in [3.05, 3.63) is 10.6 Å². The predicted molar refractivity (Wildman–Crippen MR) is 85.7 cm³/mol. The van der Waals surface area contributed by atoms with Crippen molar-refractivity contribution in [1.82, 2.24) is 9.88 Å². The van der Waals surface area contributed by atoms with Crippen LogP contribution in [0.4, 0.5) is 5.13 Å². The number of nitrogens with zero attached hydrogens (tertiary/aromatic N) is 3. The Hall–Kier alpha value is -0.650.